The molecule has 32 heavy (non-hydrogen) atoms. The molecule has 5 rings (SSSR count). The molecule has 3 aromatic heterocycles. The van der Waals surface area contributed by atoms with Crippen LogP contribution in [-0.2, 0) is 13.5 Å². The van der Waals surface area contributed by atoms with Gasteiger partial charge in [0.15, 0.2) is 5.78 Å². The fourth-order valence-corrected chi connectivity index (χ4v) is 4.26. The molecular weight excluding hydrogens is 404 g/mol. The normalized spacial score (nSPS) is 15.4. The van der Waals surface area contributed by atoms with Crippen LogP contribution < -0.4 is 0 Å². The van der Waals surface area contributed by atoms with Crippen LogP contribution in [0.25, 0.3) is 22.2 Å². The van der Waals surface area contributed by atoms with Crippen molar-refractivity contribution in [3.05, 3.63) is 54.1 Å². The van der Waals surface area contributed by atoms with Gasteiger partial charge in [-0.15, -0.1) is 5.10 Å². The first-order valence-corrected chi connectivity index (χ1v) is 11.0. The Morgan fingerprint density at radius 1 is 1.09 bits per heavy atom. The molecule has 0 N–H and O–H groups in total. The average molecular weight is 431 g/mol. The first kappa shape index (κ1) is 20.4. The lowest BCUT2D eigenvalue weighted by molar-refractivity contribution is 0.0991. The molecule has 0 saturated carbocycles. The molecule has 1 aliphatic rings. The molecule has 4 aromatic rings. The number of ketones is 1. The maximum absolute atomic E-state index is 12.9. The molecule has 0 bridgehead atoms. The molecular formula is C23H26N8O. The Balaban J connectivity index is 1.31. The number of aromatic nitrogens is 7. The van der Waals surface area contributed by atoms with E-state index in [1.807, 2.05) is 48.4 Å². The summed E-state index contributed by atoms with van der Waals surface area (Å²) in [7, 11) is 1.84. The third-order valence-electron chi connectivity index (χ3n) is 6.18. The summed E-state index contributed by atoms with van der Waals surface area (Å²) in [4.78, 5) is 15.3. The van der Waals surface area contributed by atoms with Crippen LogP contribution in [0.15, 0.2) is 42.9 Å². The van der Waals surface area contributed by atoms with Crippen LogP contribution >= 0.6 is 0 Å². The van der Waals surface area contributed by atoms with Crippen molar-refractivity contribution in [2.24, 2.45) is 7.05 Å². The average Bonchev–Trinajstić information content (AvgIpc) is 3.48. The van der Waals surface area contributed by atoms with Crippen molar-refractivity contribution in [3.63, 3.8) is 0 Å². The number of nitrogens with zero attached hydrogens (tertiary/aromatic N) is 8. The van der Waals surface area contributed by atoms with E-state index in [0.717, 1.165) is 54.6 Å². The highest BCUT2D eigenvalue weighted by Crippen LogP contribution is 2.24. The van der Waals surface area contributed by atoms with Gasteiger partial charge in [-0.05, 0) is 37.6 Å². The van der Waals surface area contributed by atoms with Gasteiger partial charge in [0.25, 0.3) is 0 Å². The zero-order valence-electron chi connectivity index (χ0n) is 18.3. The quantitative estimate of drug-likeness (QED) is 0.434. The number of carbonyl (C=O) groups is 1. The van der Waals surface area contributed by atoms with Crippen molar-refractivity contribution in [2.45, 2.75) is 32.2 Å². The van der Waals surface area contributed by atoms with Gasteiger partial charge in [0, 0.05) is 37.3 Å². The summed E-state index contributed by atoms with van der Waals surface area (Å²) in [5.41, 5.74) is 3.79. The standard InChI is InChI=1S/C23H26N8O/c1-3-30-8-6-20(7-9-30)31-14-18(13-24-31)23(32)12-19-11-17-10-16(4-5-21(17)26-25-19)22-15-29(2)28-27-22/h4-5,10-11,13-15,20H,3,6-9,12H2,1-2H3. The second kappa shape index (κ2) is 8.58. The Morgan fingerprint density at radius 2 is 1.94 bits per heavy atom. The third kappa shape index (κ3) is 4.16. The number of likely N-dealkylation sites (tertiary alicyclic amines) is 1. The Bertz CT molecular complexity index is 1250. The largest absolute Gasteiger partial charge is 0.303 e. The summed E-state index contributed by atoms with van der Waals surface area (Å²) in [5, 5.41) is 22.1. The van der Waals surface area contributed by atoms with Gasteiger partial charge in [0.2, 0.25) is 0 Å². The summed E-state index contributed by atoms with van der Waals surface area (Å²) in [5.74, 6) is 0.000903. The maximum Gasteiger partial charge on any atom is 0.172 e. The molecule has 1 aliphatic heterocycles. The van der Waals surface area contributed by atoms with E-state index in [1.165, 1.54) is 0 Å². The van der Waals surface area contributed by atoms with E-state index in [-0.39, 0.29) is 12.2 Å². The first-order valence-electron chi connectivity index (χ1n) is 11.0. The Hall–Kier alpha value is -3.46. The Labute approximate surface area is 186 Å². The van der Waals surface area contributed by atoms with Crippen LogP contribution in [0.2, 0.25) is 0 Å². The highest BCUT2D eigenvalue weighted by Gasteiger charge is 2.21. The summed E-state index contributed by atoms with van der Waals surface area (Å²) in [6.07, 6.45) is 7.74. The lowest BCUT2D eigenvalue weighted by atomic mass is 10.0. The molecule has 9 nitrogen and oxygen atoms in total. The summed E-state index contributed by atoms with van der Waals surface area (Å²) in [6, 6.07) is 8.14. The monoisotopic (exact) mass is 430 g/mol. The molecule has 1 fully saturated rings. The Morgan fingerprint density at radius 3 is 2.69 bits per heavy atom. The van der Waals surface area contributed by atoms with E-state index in [0.29, 0.717) is 17.3 Å². The minimum absolute atomic E-state index is 0.000903. The fourth-order valence-electron chi connectivity index (χ4n) is 4.26. The molecule has 0 radical (unpaired) electrons. The van der Waals surface area contributed by atoms with Gasteiger partial charge in [0.1, 0.15) is 5.69 Å². The number of hydrogen-bond donors (Lipinski definition) is 0. The lowest BCUT2D eigenvalue weighted by Gasteiger charge is -2.31. The van der Waals surface area contributed by atoms with Gasteiger partial charge in [0.05, 0.1) is 41.6 Å². The van der Waals surface area contributed by atoms with Crippen LogP contribution in [0, 0.1) is 0 Å². The number of piperidine rings is 1. The van der Waals surface area contributed by atoms with Gasteiger partial charge >= 0.3 is 0 Å². The molecule has 4 heterocycles. The molecule has 0 spiro atoms. The molecule has 0 unspecified atom stereocenters. The summed E-state index contributed by atoms with van der Waals surface area (Å²) in [6.45, 7) is 5.43. The zero-order chi connectivity index (χ0) is 22.1. The minimum atomic E-state index is 0.000903. The van der Waals surface area contributed by atoms with Crippen molar-refractivity contribution >= 4 is 16.7 Å². The fraction of sp³-hybridized carbons (Fsp3) is 0.391. The zero-order valence-corrected chi connectivity index (χ0v) is 18.3. The van der Waals surface area contributed by atoms with E-state index in [4.69, 9.17) is 0 Å². The number of Topliss-reactive ketones (excluding diaryl/α,β-unsaturated/α-hetero) is 1. The van der Waals surface area contributed by atoms with Crippen molar-refractivity contribution in [2.75, 3.05) is 19.6 Å². The van der Waals surface area contributed by atoms with Crippen LogP contribution in [0.3, 0.4) is 0 Å². The second-order valence-corrected chi connectivity index (χ2v) is 8.36. The van der Waals surface area contributed by atoms with Gasteiger partial charge < -0.3 is 4.90 Å². The molecule has 0 atom stereocenters. The molecule has 9 heteroatoms. The maximum atomic E-state index is 12.9. The van der Waals surface area contributed by atoms with Crippen molar-refractivity contribution < 1.29 is 4.79 Å². The van der Waals surface area contributed by atoms with Gasteiger partial charge in [-0.2, -0.15) is 15.3 Å². The van der Waals surface area contributed by atoms with Crippen molar-refractivity contribution in [1.82, 2.24) is 39.9 Å². The van der Waals surface area contributed by atoms with E-state index in [9.17, 15) is 4.79 Å². The Kier molecular flexibility index (Phi) is 5.48. The highest BCUT2D eigenvalue weighted by atomic mass is 16.1. The summed E-state index contributed by atoms with van der Waals surface area (Å²) < 4.78 is 3.63. The first-order chi connectivity index (χ1) is 15.6. The summed E-state index contributed by atoms with van der Waals surface area (Å²) >= 11 is 0. The third-order valence-corrected chi connectivity index (χ3v) is 6.18. The van der Waals surface area contributed by atoms with Crippen LogP contribution in [0.5, 0.6) is 0 Å². The number of fused-ring (bicyclic) bond motifs is 1. The highest BCUT2D eigenvalue weighted by molar-refractivity contribution is 5.97. The number of benzene rings is 1. The number of aryl methyl sites for hydroxylation is 1. The SMILES string of the molecule is CCN1CCC(n2cc(C(=O)Cc3cc4cc(-c5cn(C)nn5)ccc4nn3)cn2)CC1. The van der Waals surface area contributed by atoms with Crippen LogP contribution in [-0.4, -0.2) is 65.3 Å². The predicted octanol–water partition coefficient (Wildman–Crippen LogP) is 2.70. The molecule has 164 valence electrons. The van der Waals surface area contributed by atoms with Gasteiger partial charge in [-0.3, -0.25) is 14.2 Å². The van der Waals surface area contributed by atoms with Gasteiger partial charge in [-0.1, -0.05) is 18.2 Å². The molecule has 1 aromatic carbocycles. The van der Waals surface area contributed by atoms with Crippen molar-refractivity contribution in [3.8, 4) is 11.3 Å². The number of rotatable bonds is 6. The topological polar surface area (TPSA) is 94.6 Å². The van der Waals surface area contributed by atoms with E-state index >= 15 is 0 Å². The predicted molar refractivity (Wildman–Crippen MR) is 120 cm³/mol. The molecule has 0 amide bonds. The van der Waals surface area contributed by atoms with Crippen LogP contribution in [0.1, 0.15) is 41.9 Å². The van der Waals surface area contributed by atoms with E-state index in [2.05, 4.69) is 37.4 Å². The van der Waals surface area contributed by atoms with Gasteiger partial charge in [-0.25, -0.2) is 0 Å². The van der Waals surface area contributed by atoms with E-state index in [1.54, 1.807) is 10.9 Å². The lowest BCUT2D eigenvalue weighted by Crippen LogP contribution is -2.34. The number of hydrogen-bond acceptors (Lipinski definition) is 7. The van der Waals surface area contributed by atoms with Crippen LogP contribution in [0.4, 0.5) is 0 Å². The number of carbonyl (C=O) groups excluding carboxylic acids is 1. The van der Waals surface area contributed by atoms with E-state index < -0.39 is 0 Å². The minimum Gasteiger partial charge on any atom is -0.303 e. The molecule has 0 aliphatic carbocycles. The smallest absolute Gasteiger partial charge is 0.172 e. The molecule has 1 saturated heterocycles. The van der Waals surface area contributed by atoms with Crippen molar-refractivity contribution in [1.29, 1.82) is 0 Å². The second-order valence-electron chi connectivity index (χ2n) is 8.36.